The molecule has 1 aliphatic rings. The van der Waals surface area contributed by atoms with Crippen LogP contribution in [0.5, 0.6) is 0 Å². The van der Waals surface area contributed by atoms with E-state index in [-0.39, 0.29) is 5.41 Å². The molecule has 0 unspecified atom stereocenters. The van der Waals surface area contributed by atoms with E-state index in [1.165, 1.54) is 5.56 Å². The Labute approximate surface area is 193 Å². The number of hydrogen-bond acceptors (Lipinski definition) is 6. The van der Waals surface area contributed by atoms with E-state index in [2.05, 4.69) is 26.3 Å². The molecular weight excluding hydrogens is 435 g/mol. The third-order valence-corrected chi connectivity index (χ3v) is 5.42. The Hall–Kier alpha value is -2.18. The van der Waals surface area contributed by atoms with Crippen molar-refractivity contribution in [2.24, 2.45) is 15.7 Å². The number of nitrogens with zero attached hydrogens (tertiary/aromatic N) is 4. The topological polar surface area (TPSA) is 69.0 Å². The second-order valence-electron chi connectivity index (χ2n) is 8.44. The van der Waals surface area contributed by atoms with Crippen molar-refractivity contribution < 1.29 is 9.68 Å². The van der Waals surface area contributed by atoms with Crippen molar-refractivity contribution in [1.82, 2.24) is 9.97 Å². The average Bonchev–Trinajstić information content (AvgIpc) is 2.72. The Bertz CT molecular complexity index is 990. The fourth-order valence-corrected chi connectivity index (χ4v) is 3.69. The lowest BCUT2D eigenvalue weighted by atomic mass is 9.94. The SMILES string of the molecule is CCC(=NOCC(C)(C)CON=C1CCCc2ccc(C)nc21)c1ncc(Cl)cc1Cl. The predicted octanol–water partition coefficient (Wildman–Crippen LogP) is 6.01. The Balaban J connectivity index is 1.59. The zero-order valence-electron chi connectivity index (χ0n) is 18.4. The number of oxime groups is 2. The van der Waals surface area contributed by atoms with Gasteiger partial charge in [-0.05, 0) is 50.3 Å². The number of fused-ring (bicyclic) bond motifs is 1. The highest BCUT2D eigenvalue weighted by Crippen LogP contribution is 2.23. The normalized spacial score (nSPS) is 15.7. The van der Waals surface area contributed by atoms with Gasteiger partial charge >= 0.3 is 0 Å². The van der Waals surface area contributed by atoms with E-state index in [0.29, 0.717) is 41.1 Å². The smallest absolute Gasteiger partial charge is 0.125 e. The zero-order valence-corrected chi connectivity index (χ0v) is 19.9. The second-order valence-corrected chi connectivity index (χ2v) is 9.28. The molecule has 0 saturated carbocycles. The molecule has 0 bridgehead atoms. The number of pyridine rings is 2. The van der Waals surface area contributed by atoms with Gasteiger partial charge in [-0.2, -0.15) is 0 Å². The largest absolute Gasteiger partial charge is 0.395 e. The van der Waals surface area contributed by atoms with Gasteiger partial charge in [-0.3, -0.25) is 9.97 Å². The third kappa shape index (κ3) is 6.40. The summed E-state index contributed by atoms with van der Waals surface area (Å²) < 4.78 is 0. The predicted molar refractivity (Wildman–Crippen MR) is 125 cm³/mol. The molecule has 8 heteroatoms. The Kier molecular flexibility index (Phi) is 7.89. The van der Waals surface area contributed by atoms with Crippen LogP contribution < -0.4 is 0 Å². The Morgan fingerprint density at radius 1 is 1.16 bits per heavy atom. The van der Waals surface area contributed by atoms with E-state index < -0.39 is 0 Å². The van der Waals surface area contributed by atoms with Crippen molar-refractivity contribution in [2.75, 3.05) is 13.2 Å². The van der Waals surface area contributed by atoms with Gasteiger partial charge in [0.25, 0.3) is 0 Å². The van der Waals surface area contributed by atoms with Crippen LogP contribution in [0.1, 0.15) is 62.7 Å². The molecule has 0 amide bonds. The maximum absolute atomic E-state index is 6.24. The van der Waals surface area contributed by atoms with E-state index in [4.69, 9.17) is 32.9 Å². The number of halogens is 2. The molecule has 0 radical (unpaired) electrons. The van der Waals surface area contributed by atoms with Crippen LogP contribution in [-0.2, 0) is 16.1 Å². The minimum Gasteiger partial charge on any atom is -0.395 e. The van der Waals surface area contributed by atoms with Crippen molar-refractivity contribution in [1.29, 1.82) is 0 Å². The molecule has 6 nitrogen and oxygen atoms in total. The molecule has 0 aliphatic heterocycles. The zero-order chi connectivity index (χ0) is 22.4. The van der Waals surface area contributed by atoms with Gasteiger partial charge in [0.2, 0.25) is 0 Å². The minimum absolute atomic E-state index is 0.291. The van der Waals surface area contributed by atoms with Gasteiger partial charge in [0.15, 0.2) is 0 Å². The first-order chi connectivity index (χ1) is 14.8. The van der Waals surface area contributed by atoms with Crippen LogP contribution in [0.3, 0.4) is 0 Å². The quantitative estimate of drug-likeness (QED) is 0.355. The lowest BCUT2D eigenvalue weighted by molar-refractivity contribution is -0.000254. The van der Waals surface area contributed by atoms with Crippen LogP contribution in [0, 0.1) is 12.3 Å². The van der Waals surface area contributed by atoms with Crippen molar-refractivity contribution in [3.8, 4) is 0 Å². The Morgan fingerprint density at radius 2 is 1.94 bits per heavy atom. The van der Waals surface area contributed by atoms with E-state index in [1.54, 1.807) is 12.3 Å². The van der Waals surface area contributed by atoms with Gasteiger partial charge < -0.3 is 9.68 Å². The number of hydrogen-bond donors (Lipinski definition) is 0. The molecule has 166 valence electrons. The summed E-state index contributed by atoms with van der Waals surface area (Å²) in [4.78, 5) is 20.2. The molecule has 0 atom stereocenters. The molecule has 2 aromatic rings. The molecule has 0 N–H and O–H groups in total. The molecule has 3 rings (SSSR count). The molecule has 2 aromatic heterocycles. The van der Waals surface area contributed by atoms with Gasteiger partial charge in [0, 0.05) is 17.3 Å². The fraction of sp³-hybridized carbons (Fsp3) is 0.478. The summed E-state index contributed by atoms with van der Waals surface area (Å²) in [5, 5.41) is 9.58. The van der Waals surface area contributed by atoms with Gasteiger partial charge in [-0.25, -0.2) is 0 Å². The van der Waals surface area contributed by atoms with Crippen LogP contribution in [0.15, 0.2) is 34.7 Å². The standard InChI is InChI=1S/C23H28Cl2N4O2/c1-5-19(22-18(25)11-17(24)12-26-22)28-30-13-23(3,4)14-31-29-20-8-6-7-16-10-9-15(2)27-21(16)20/h9-12H,5-8,13-14H2,1-4H3. The van der Waals surface area contributed by atoms with Crippen LogP contribution in [0.4, 0.5) is 0 Å². The van der Waals surface area contributed by atoms with E-state index >= 15 is 0 Å². The molecule has 1 aliphatic carbocycles. The molecule has 0 fully saturated rings. The lowest BCUT2D eigenvalue weighted by Crippen LogP contribution is -2.25. The number of rotatable bonds is 8. The van der Waals surface area contributed by atoms with Crippen molar-refractivity contribution >= 4 is 34.6 Å². The Morgan fingerprint density at radius 3 is 2.68 bits per heavy atom. The van der Waals surface area contributed by atoms with Crippen molar-refractivity contribution in [3.63, 3.8) is 0 Å². The summed E-state index contributed by atoms with van der Waals surface area (Å²) >= 11 is 12.2. The maximum atomic E-state index is 6.24. The van der Waals surface area contributed by atoms with Gasteiger partial charge in [0.1, 0.15) is 30.3 Å². The monoisotopic (exact) mass is 462 g/mol. The third-order valence-electron chi connectivity index (χ3n) is 4.93. The summed E-state index contributed by atoms with van der Waals surface area (Å²) in [7, 11) is 0. The van der Waals surface area contributed by atoms with Crippen LogP contribution in [0.2, 0.25) is 10.0 Å². The summed E-state index contributed by atoms with van der Waals surface area (Å²) in [5.74, 6) is 0. The van der Waals surface area contributed by atoms with Crippen molar-refractivity contribution in [2.45, 2.75) is 53.4 Å². The first-order valence-corrected chi connectivity index (χ1v) is 11.2. The minimum atomic E-state index is -0.291. The average molecular weight is 463 g/mol. The lowest BCUT2D eigenvalue weighted by Gasteiger charge is -2.22. The second kappa shape index (κ2) is 10.4. The first kappa shape index (κ1) is 23.5. The van der Waals surface area contributed by atoms with Gasteiger partial charge in [-0.1, -0.05) is 60.4 Å². The molecular formula is C23H28Cl2N4O2. The highest BCUT2D eigenvalue weighted by molar-refractivity contribution is 6.36. The summed E-state index contributed by atoms with van der Waals surface area (Å²) in [6.07, 6.45) is 5.14. The number of aryl methyl sites for hydroxylation is 2. The van der Waals surface area contributed by atoms with Crippen molar-refractivity contribution in [3.05, 3.63) is 57.1 Å². The van der Waals surface area contributed by atoms with E-state index in [1.807, 2.05) is 33.8 Å². The first-order valence-electron chi connectivity index (χ1n) is 10.4. The molecule has 0 saturated heterocycles. The maximum Gasteiger partial charge on any atom is 0.125 e. The summed E-state index contributed by atoms with van der Waals surface area (Å²) in [5.41, 5.74) is 5.05. The molecule has 0 aromatic carbocycles. The highest BCUT2D eigenvalue weighted by Gasteiger charge is 2.22. The number of aromatic nitrogens is 2. The van der Waals surface area contributed by atoms with Crippen LogP contribution in [-0.4, -0.2) is 34.6 Å². The van der Waals surface area contributed by atoms with E-state index in [9.17, 15) is 0 Å². The van der Waals surface area contributed by atoms with Crippen LogP contribution in [0.25, 0.3) is 0 Å². The van der Waals surface area contributed by atoms with Gasteiger partial charge in [0.05, 0.1) is 15.7 Å². The van der Waals surface area contributed by atoms with E-state index in [0.717, 1.165) is 36.4 Å². The fourth-order valence-electron chi connectivity index (χ4n) is 3.20. The summed E-state index contributed by atoms with van der Waals surface area (Å²) in [6, 6.07) is 5.82. The molecule has 2 heterocycles. The molecule has 31 heavy (non-hydrogen) atoms. The van der Waals surface area contributed by atoms with Gasteiger partial charge in [-0.15, -0.1) is 0 Å². The highest BCUT2D eigenvalue weighted by atomic mass is 35.5. The molecule has 0 spiro atoms. The van der Waals surface area contributed by atoms with Crippen LogP contribution >= 0.6 is 23.2 Å². The summed E-state index contributed by atoms with van der Waals surface area (Å²) in [6.45, 7) is 8.80.